The number of nitrogens with zero attached hydrogens (tertiary/aromatic N) is 1. The van der Waals surface area contributed by atoms with E-state index in [-0.39, 0.29) is 12.6 Å². The maximum atomic E-state index is 12.1. The minimum absolute atomic E-state index is 0.0459. The van der Waals surface area contributed by atoms with Gasteiger partial charge in [-0.2, -0.15) is 0 Å². The first kappa shape index (κ1) is 17.7. The number of carboxylic acids is 1. The van der Waals surface area contributed by atoms with E-state index in [4.69, 9.17) is 0 Å². The lowest BCUT2D eigenvalue weighted by molar-refractivity contribution is -0.143. The molecule has 0 aromatic heterocycles. The number of urea groups is 1. The summed E-state index contributed by atoms with van der Waals surface area (Å²) >= 11 is 0. The Bertz CT molecular complexity index is 486. The summed E-state index contributed by atoms with van der Waals surface area (Å²) in [5.41, 5.74) is -0.434. The van der Waals surface area contributed by atoms with Crippen molar-refractivity contribution >= 4 is 17.9 Å². The molecular weight excluding hydrogens is 298 g/mol. The van der Waals surface area contributed by atoms with Crippen molar-refractivity contribution in [2.45, 2.75) is 70.5 Å². The number of fused-ring (bicyclic) bond motifs is 1. The molecule has 3 amide bonds. The first-order chi connectivity index (χ1) is 10.7. The van der Waals surface area contributed by atoms with Crippen molar-refractivity contribution in [2.24, 2.45) is 5.92 Å². The fourth-order valence-electron chi connectivity index (χ4n) is 3.73. The molecule has 0 aromatic carbocycles. The van der Waals surface area contributed by atoms with Crippen LogP contribution in [0.25, 0.3) is 0 Å². The fourth-order valence-corrected chi connectivity index (χ4v) is 3.73. The van der Waals surface area contributed by atoms with Crippen LogP contribution in [0.2, 0.25) is 0 Å². The molecule has 3 atom stereocenters. The smallest absolute Gasteiger partial charge is 0.321 e. The molecule has 1 aliphatic heterocycles. The van der Waals surface area contributed by atoms with Crippen LogP contribution in [0, 0.1) is 5.92 Å². The standard InChI is InChI=1S/C16H27N3O4/c1-16(2,3)18-15(23)17-13(20)9-19-11-7-5-4-6-10(11)8-12(19)14(21)22/h10-12H,4-9H2,1-3H3,(H,21,22)(H2,17,18,20,23). The molecule has 0 radical (unpaired) electrons. The van der Waals surface area contributed by atoms with E-state index in [9.17, 15) is 19.5 Å². The molecule has 3 unspecified atom stereocenters. The molecule has 3 N–H and O–H groups in total. The zero-order valence-electron chi connectivity index (χ0n) is 14.1. The van der Waals surface area contributed by atoms with Crippen LogP contribution < -0.4 is 10.6 Å². The first-order valence-electron chi connectivity index (χ1n) is 8.28. The van der Waals surface area contributed by atoms with Crippen molar-refractivity contribution in [2.75, 3.05) is 6.54 Å². The average molecular weight is 325 g/mol. The van der Waals surface area contributed by atoms with E-state index in [0.717, 1.165) is 25.7 Å². The number of nitrogens with one attached hydrogen (secondary N) is 2. The van der Waals surface area contributed by atoms with Gasteiger partial charge in [-0.1, -0.05) is 12.8 Å². The number of carboxylic acid groups (broad SMARTS) is 1. The van der Waals surface area contributed by atoms with Gasteiger partial charge in [0.25, 0.3) is 0 Å². The van der Waals surface area contributed by atoms with E-state index in [0.29, 0.717) is 12.3 Å². The van der Waals surface area contributed by atoms with E-state index in [1.165, 1.54) is 0 Å². The molecule has 2 aliphatic rings. The van der Waals surface area contributed by atoms with Crippen LogP contribution in [0.3, 0.4) is 0 Å². The summed E-state index contributed by atoms with van der Waals surface area (Å²) in [6, 6.07) is -1.03. The molecule has 7 heteroatoms. The number of rotatable bonds is 3. The number of carbonyl (C=O) groups excluding carboxylic acids is 2. The largest absolute Gasteiger partial charge is 0.480 e. The topological polar surface area (TPSA) is 98.7 Å². The van der Waals surface area contributed by atoms with Crippen molar-refractivity contribution in [1.82, 2.24) is 15.5 Å². The van der Waals surface area contributed by atoms with E-state index in [1.54, 1.807) is 4.90 Å². The zero-order valence-corrected chi connectivity index (χ0v) is 14.1. The summed E-state index contributed by atoms with van der Waals surface area (Å²) < 4.78 is 0. The third-order valence-electron chi connectivity index (χ3n) is 4.57. The molecule has 1 saturated heterocycles. The molecule has 1 saturated carbocycles. The monoisotopic (exact) mass is 325 g/mol. The highest BCUT2D eigenvalue weighted by Crippen LogP contribution is 2.39. The molecular formula is C16H27N3O4. The van der Waals surface area contributed by atoms with Gasteiger partial charge >= 0.3 is 12.0 Å². The van der Waals surface area contributed by atoms with Gasteiger partial charge in [-0.25, -0.2) is 4.79 Å². The van der Waals surface area contributed by atoms with Crippen molar-refractivity contribution in [3.05, 3.63) is 0 Å². The van der Waals surface area contributed by atoms with Gasteiger partial charge in [0.1, 0.15) is 6.04 Å². The molecule has 0 bridgehead atoms. The minimum Gasteiger partial charge on any atom is -0.480 e. The summed E-state index contributed by atoms with van der Waals surface area (Å²) in [4.78, 5) is 37.2. The Balaban J connectivity index is 1.97. The van der Waals surface area contributed by atoms with Gasteiger partial charge < -0.3 is 10.4 Å². The predicted octanol–water partition coefficient (Wildman–Crippen LogP) is 1.33. The van der Waals surface area contributed by atoms with Crippen molar-refractivity contribution in [1.29, 1.82) is 0 Å². The highest BCUT2D eigenvalue weighted by atomic mass is 16.4. The Labute approximate surface area is 136 Å². The second-order valence-corrected chi connectivity index (χ2v) is 7.63. The van der Waals surface area contributed by atoms with Crippen LogP contribution in [0.4, 0.5) is 4.79 Å². The van der Waals surface area contributed by atoms with Crippen molar-refractivity contribution in [3.8, 4) is 0 Å². The molecule has 23 heavy (non-hydrogen) atoms. The Hall–Kier alpha value is -1.63. The Morgan fingerprint density at radius 1 is 1.17 bits per heavy atom. The summed E-state index contributed by atoms with van der Waals surface area (Å²) in [5.74, 6) is -0.989. The van der Waals surface area contributed by atoms with Crippen LogP contribution in [0.1, 0.15) is 52.9 Å². The summed E-state index contributed by atoms with van der Waals surface area (Å²) in [7, 11) is 0. The number of amides is 3. The van der Waals surface area contributed by atoms with Gasteiger partial charge in [-0.15, -0.1) is 0 Å². The number of likely N-dealkylation sites (tertiary alicyclic amines) is 1. The lowest BCUT2D eigenvalue weighted by atomic mass is 9.85. The van der Waals surface area contributed by atoms with Crippen molar-refractivity contribution in [3.63, 3.8) is 0 Å². The number of hydrogen-bond acceptors (Lipinski definition) is 4. The maximum absolute atomic E-state index is 12.1. The Morgan fingerprint density at radius 2 is 1.83 bits per heavy atom. The second-order valence-electron chi connectivity index (χ2n) is 7.63. The highest BCUT2D eigenvalue weighted by molar-refractivity contribution is 5.95. The molecule has 1 heterocycles. The van der Waals surface area contributed by atoms with Gasteiger partial charge in [-0.05, 0) is 46.0 Å². The van der Waals surface area contributed by atoms with E-state index in [2.05, 4.69) is 10.6 Å². The number of carbonyl (C=O) groups is 3. The zero-order chi connectivity index (χ0) is 17.2. The lowest BCUT2D eigenvalue weighted by Crippen LogP contribution is -2.52. The summed E-state index contributed by atoms with van der Waals surface area (Å²) in [6.45, 7) is 5.43. The SMILES string of the molecule is CC(C)(C)NC(=O)NC(=O)CN1C(C(=O)O)CC2CCCCC21. The van der Waals surface area contributed by atoms with E-state index in [1.807, 2.05) is 20.8 Å². The molecule has 2 rings (SSSR count). The predicted molar refractivity (Wildman–Crippen MR) is 84.9 cm³/mol. The fraction of sp³-hybridized carbons (Fsp3) is 0.812. The third-order valence-corrected chi connectivity index (χ3v) is 4.57. The van der Waals surface area contributed by atoms with E-state index < -0.39 is 29.5 Å². The minimum atomic E-state index is -0.883. The first-order valence-corrected chi connectivity index (χ1v) is 8.28. The molecule has 0 spiro atoms. The van der Waals surface area contributed by atoms with Gasteiger partial charge in [0.2, 0.25) is 5.91 Å². The second kappa shape index (κ2) is 6.86. The third kappa shape index (κ3) is 4.67. The van der Waals surface area contributed by atoms with Crippen LogP contribution in [0.15, 0.2) is 0 Å². The summed E-state index contributed by atoms with van der Waals surface area (Å²) in [5, 5.41) is 14.4. The van der Waals surface area contributed by atoms with Gasteiger partial charge in [0.15, 0.2) is 0 Å². The average Bonchev–Trinajstić information content (AvgIpc) is 2.75. The quantitative estimate of drug-likeness (QED) is 0.727. The lowest BCUT2D eigenvalue weighted by Gasteiger charge is -2.32. The van der Waals surface area contributed by atoms with E-state index >= 15 is 0 Å². The molecule has 7 nitrogen and oxygen atoms in total. The van der Waals surface area contributed by atoms with Gasteiger partial charge in [0.05, 0.1) is 6.54 Å². The number of hydrogen-bond donors (Lipinski definition) is 3. The van der Waals surface area contributed by atoms with Crippen LogP contribution in [0.5, 0.6) is 0 Å². The molecule has 130 valence electrons. The number of imide groups is 1. The maximum Gasteiger partial charge on any atom is 0.321 e. The van der Waals surface area contributed by atoms with Crippen molar-refractivity contribution < 1.29 is 19.5 Å². The highest BCUT2D eigenvalue weighted by Gasteiger charge is 2.45. The van der Waals surface area contributed by atoms with Gasteiger partial charge in [-0.3, -0.25) is 19.8 Å². The van der Waals surface area contributed by atoms with Crippen LogP contribution in [-0.4, -0.2) is 52.1 Å². The Morgan fingerprint density at radius 3 is 2.43 bits per heavy atom. The van der Waals surface area contributed by atoms with Crippen LogP contribution >= 0.6 is 0 Å². The van der Waals surface area contributed by atoms with Crippen LogP contribution in [-0.2, 0) is 9.59 Å². The van der Waals surface area contributed by atoms with Gasteiger partial charge in [0, 0.05) is 11.6 Å². The Kier molecular flexibility index (Phi) is 5.29. The normalized spacial score (nSPS) is 28.0. The number of aliphatic carboxylic acids is 1. The summed E-state index contributed by atoms with van der Waals surface area (Å²) in [6.07, 6.45) is 4.74. The molecule has 0 aromatic rings. The molecule has 2 fully saturated rings. The molecule has 1 aliphatic carbocycles.